The van der Waals surface area contributed by atoms with E-state index in [-0.39, 0.29) is 5.91 Å². The number of nitrogens with zero attached hydrogens (tertiary/aromatic N) is 4. The Morgan fingerprint density at radius 2 is 2.04 bits per heavy atom. The molecule has 26 heavy (non-hydrogen) atoms. The fraction of sp³-hybridized carbons (Fsp3) is 0.158. The van der Waals surface area contributed by atoms with E-state index < -0.39 is 0 Å². The molecular formula is C19H18N6O. The van der Waals surface area contributed by atoms with Crippen LogP contribution in [0.1, 0.15) is 21.9 Å². The minimum absolute atomic E-state index is 0.221. The highest BCUT2D eigenvalue weighted by atomic mass is 16.1. The van der Waals surface area contributed by atoms with Gasteiger partial charge in [-0.2, -0.15) is 5.10 Å². The molecule has 7 nitrogen and oxygen atoms in total. The summed E-state index contributed by atoms with van der Waals surface area (Å²) >= 11 is 0. The highest BCUT2D eigenvalue weighted by molar-refractivity contribution is 5.93. The first-order valence-electron chi connectivity index (χ1n) is 8.28. The van der Waals surface area contributed by atoms with Gasteiger partial charge in [0, 0.05) is 18.8 Å². The van der Waals surface area contributed by atoms with Gasteiger partial charge in [-0.15, -0.1) is 0 Å². The molecule has 0 unspecified atom stereocenters. The van der Waals surface area contributed by atoms with Crippen LogP contribution in [0.3, 0.4) is 0 Å². The van der Waals surface area contributed by atoms with Crippen molar-refractivity contribution in [2.75, 3.05) is 0 Å². The minimum Gasteiger partial charge on any atom is -0.343 e. The van der Waals surface area contributed by atoms with Crippen LogP contribution in [0.25, 0.3) is 22.3 Å². The Labute approximate surface area is 150 Å². The van der Waals surface area contributed by atoms with Crippen LogP contribution in [0.4, 0.5) is 0 Å². The largest absolute Gasteiger partial charge is 0.343 e. The SMILES string of the molecule is Cc1ccc(-c2cc(C(=O)NCc3nc4ccncc4n3C)[nH]n2)cc1. The lowest BCUT2D eigenvalue weighted by molar-refractivity contribution is 0.0944. The summed E-state index contributed by atoms with van der Waals surface area (Å²) in [5.41, 5.74) is 5.09. The van der Waals surface area contributed by atoms with E-state index in [9.17, 15) is 4.79 Å². The zero-order valence-electron chi connectivity index (χ0n) is 14.5. The summed E-state index contributed by atoms with van der Waals surface area (Å²) in [7, 11) is 1.91. The van der Waals surface area contributed by atoms with Crippen LogP contribution in [0.15, 0.2) is 48.8 Å². The van der Waals surface area contributed by atoms with Crippen molar-refractivity contribution in [1.29, 1.82) is 0 Å². The van der Waals surface area contributed by atoms with Crippen molar-refractivity contribution in [3.63, 3.8) is 0 Å². The normalized spacial score (nSPS) is 11.0. The number of carbonyl (C=O) groups excluding carboxylic acids is 1. The van der Waals surface area contributed by atoms with Crippen LogP contribution >= 0.6 is 0 Å². The second kappa shape index (κ2) is 6.44. The van der Waals surface area contributed by atoms with Crippen LogP contribution in [-0.2, 0) is 13.6 Å². The zero-order chi connectivity index (χ0) is 18.1. The number of hydrogen-bond acceptors (Lipinski definition) is 4. The number of aromatic nitrogens is 5. The highest BCUT2D eigenvalue weighted by Crippen LogP contribution is 2.18. The summed E-state index contributed by atoms with van der Waals surface area (Å²) in [6.45, 7) is 2.35. The summed E-state index contributed by atoms with van der Waals surface area (Å²) in [5.74, 6) is 0.542. The number of imidazole rings is 1. The second-order valence-corrected chi connectivity index (χ2v) is 6.17. The molecule has 0 saturated heterocycles. The van der Waals surface area contributed by atoms with Crippen molar-refractivity contribution in [3.05, 3.63) is 65.9 Å². The first-order chi connectivity index (χ1) is 12.6. The van der Waals surface area contributed by atoms with Crippen LogP contribution in [0.2, 0.25) is 0 Å². The number of aromatic amines is 1. The van der Waals surface area contributed by atoms with Gasteiger partial charge >= 0.3 is 0 Å². The minimum atomic E-state index is -0.221. The number of H-pyrrole nitrogens is 1. The Morgan fingerprint density at radius 1 is 1.23 bits per heavy atom. The first-order valence-corrected chi connectivity index (χ1v) is 8.28. The Morgan fingerprint density at radius 3 is 2.81 bits per heavy atom. The molecule has 2 N–H and O–H groups in total. The smallest absolute Gasteiger partial charge is 0.269 e. The molecule has 0 saturated carbocycles. The Hall–Kier alpha value is -3.48. The molecular weight excluding hydrogens is 328 g/mol. The van der Waals surface area contributed by atoms with Gasteiger partial charge in [-0.1, -0.05) is 29.8 Å². The molecule has 1 aromatic carbocycles. The highest BCUT2D eigenvalue weighted by Gasteiger charge is 2.13. The molecule has 130 valence electrons. The third-order valence-corrected chi connectivity index (χ3v) is 4.35. The lowest BCUT2D eigenvalue weighted by Crippen LogP contribution is -2.24. The van der Waals surface area contributed by atoms with Gasteiger partial charge < -0.3 is 9.88 Å². The van der Waals surface area contributed by atoms with E-state index in [4.69, 9.17) is 0 Å². The molecule has 0 aliphatic rings. The zero-order valence-corrected chi connectivity index (χ0v) is 14.5. The molecule has 4 aromatic rings. The molecule has 0 spiro atoms. The fourth-order valence-electron chi connectivity index (χ4n) is 2.81. The first kappa shape index (κ1) is 16.0. The van der Waals surface area contributed by atoms with Crippen LogP contribution in [0, 0.1) is 6.92 Å². The number of hydrogen-bond donors (Lipinski definition) is 2. The van der Waals surface area contributed by atoms with Crippen LogP contribution in [0.5, 0.6) is 0 Å². The quantitative estimate of drug-likeness (QED) is 0.594. The molecule has 0 radical (unpaired) electrons. The maximum atomic E-state index is 12.4. The van der Waals surface area contributed by atoms with Crippen molar-refractivity contribution in [3.8, 4) is 11.3 Å². The van der Waals surface area contributed by atoms with Crippen molar-refractivity contribution < 1.29 is 4.79 Å². The van der Waals surface area contributed by atoms with Gasteiger partial charge in [-0.05, 0) is 19.1 Å². The molecule has 7 heteroatoms. The van der Waals surface area contributed by atoms with Crippen molar-refractivity contribution in [1.82, 2.24) is 30.0 Å². The van der Waals surface area contributed by atoms with E-state index in [1.54, 1.807) is 18.5 Å². The molecule has 0 fully saturated rings. The Bertz CT molecular complexity index is 1080. The van der Waals surface area contributed by atoms with Gasteiger partial charge in [0.1, 0.15) is 11.5 Å². The van der Waals surface area contributed by atoms with Crippen LogP contribution in [-0.4, -0.2) is 30.6 Å². The van der Waals surface area contributed by atoms with Gasteiger partial charge in [-0.3, -0.25) is 14.9 Å². The van der Waals surface area contributed by atoms with E-state index >= 15 is 0 Å². The number of benzene rings is 1. The molecule has 4 rings (SSSR count). The van der Waals surface area contributed by atoms with Gasteiger partial charge in [0.25, 0.3) is 5.91 Å². The summed E-state index contributed by atoms with van der Waals surface area (Å²) in [4.78, 5) is 21.0. The van der Waals surface area contributed by atoms with Gasteiger partial charge in [0.05, 0.1) is 29.5 Å². The van der Waals surface area contributed by atoms with E-state index in [2.05, 4.69) is 25.5 Å². The van der Waals surface area contributed by atoms with Crippen molar-refractivity contribution >= 4 is 16.9 Å². The van der Waals surface area contributed by atoms with E-state index in [1.165, 1.54) is 5.56 Å². The number of aryl methyl sites for hydroxylation is 2. The third-order valence-electron chi connectivity index (χ3n) is 4.35. The standard InChI is InChI=1S/C19H18N6O/c1-12-3-5-13(6-4-12)15-9-16(24-23-15)19(26)21-11-18-22-14-7-8-20-10-17(14)25(18)2/h3-10H,11H2,1-2H3,(H,21,26)(H,23,24). The average molecular weight is 346 g/mol. The number of pyridine rings is 1. The van der Waals surface area contributed by atoms with E-state index in [0.717, 1.165) is 28.1 Å². The van der Waals surface area contributed by atoms with Gasteiger partial charge in [0.2, 0.25) is 0 Å². The Kier molecular flexibility index (Phi) is 3.96. The lowest BCUT2D eigenvalue weighted by Gasteiger charge is -2.04. The van der Waals surface area contributed by atoms with E-state index in [0.29, 0.717) is 12.2 Å². The number of fused-ring (bicyclic) bond motifs is 1. The molecule has 3 aromatic heterocycles. The maximum Gasteiger partial charge on any atom is 0.269 e. The summed E-state index contributed by atoms with van der Waals surface area (Å²) in [6.07, 6.45) is 3.46. The second-order valence-electron chi connectivity index (χ2n) is 6.17. The molecule has 0 aliphatic heterocycles. The van der Waals surface area contributed by atoms with Crippen molar-refractivity contribution in [2.45, 2.75) is 13.5 Å². The van der Waals surface area contributed by atoms with Gasteiger partial charge in [-0.25, -0.2) is 4.98 Å². The predicted molar refractivity (Wildman–Crippen MR) is 98.4 cm³/mol. The van der Waals surface area contributed by atoms with Gasteiger partial charge in [0.15, 0.2) is 0 Å². The number of nitrogens with one attached hydrogen (secondary N) is 2. The summed E-state index contributed by atoms with van der Waals surface area (Å²) in [6, 6.07) is 11.6. The topological polar surface area (TPSA) is 88.5 Å². The number of carbonyl (C=O) groups is 1. The molecule has 0 bridgehead atoms. The molecule has 0 atom stereocenters. The molecule has 3 heterocycles. The number of rotatable bonds is 4. The molecule has 0 aliphatic carbocycles. The average Bonchev–Trinajstić information content (AvgIpc) is 3.26. The lowest BCUT2D eigenvalue weighted by atomic mass is 10.1. The Balaban J connectivity index is 1.48. The van der Waals surface area contributed by atoms with Crippen LogP contribution < -0.4 is 5.32 Å². The predicted octanol–water partition coefficient (Wildman–Crippen LogP) is 2.60. The fourth-order valence-corrected chi connectivity index (χ4v) is 2.81. The number of amides is 1. The monoisotopic (exact) mass is 346 g/mol. The van der Waals surface area contributed by atoms with Crippen molar-refractivity contribution in [2.24, 2.45) is 7.05 Å². The summed E-state index contributed by atoms with van der Waals surface area (Å²) < 4.78 is 1.92. The molecule has 1 amide bonds. The summed E-state index contributed by atoms with van der Waals surface area (Å²) in [5, 5.41) is 9.90. The van der Waals surface area contributed by atoms with E-state index in [1.807, 2.05) is 48.9 Å². The third kappa shape index (κ3) is 2.95. The maximum absolute atomic E-state index is 12.4.